The second-order valence-corrected chi connectivity index (χ2v) is 6.92. The van der Waals surface area contributed by atoms with E-state index in [0.717, 1.165) is 6.54 Å². The first-order chi connectivity index (χ1) is 10.5. The second kappa shape index (κ2) is 6.05. The van der Waals surface area contributed by atoms with Crippen molar-refractivity contribution in [1.29, 1.82) is 0 Å². The molecule has 1 heterocycles. The maximum atomic E-state index is 5.08. The summed E-state index contributed by atoms with van der Waals surface area (Å²) < 4.78 is 0. The third kappa shape index (κ3) is 3.28. The van der Waals surface area contributed by atoms with Gasteiger partial charge in [0.05, 0.1) is 11.6 Å². The van der Waals surface area contributed by atoms with E-state index in [0.29, 0.717) is 5.92 Å². The van der Waals surface area contributed by atoms with Gasteiger partial charge in [-0.05, 0) is 31.9 Å². The van der Waals surface area contributed by atoms with Crippen LogP contribution in [-0.4, -0.2) is 17.8 Å². The highest BCUT2D eigenvalue weighted by molar-refractivity contribution is 5.98. The van der Waals surface area contributed by atoms with Crippen LogP contribution in [0.2, 0.25) is 0 Å². The van der Waals surface area contributed by atoms with E-state index in [1.54, 1.807) is 0 Å². The van der Waals surface area contributed by atoms with Crippen molar-refractivity contribution < 1.29 is 0 Å². The number of hydrogen-bond acceptors (Lipinski definition) is 2. The summed E-state index contributed by atoms with van der Waals surface area (Å²) >= 11 is 0. The molecule has 2 aromatic carbocycles. The molecule has 114 valence electrons. The van der Waals surface area contributed by atoms with Gasteiger partial charge >= 0.3 is 0 Å². The first kappa shape index (κ1) is 15.0. The smallest absolute Gasteiger partial charge is 0.0714 e. The molecule has 1 fully saturated rings. The van der Waals surface area contributed by atoms with Gasteiger partial charge in [-0.2, -0.15) is 0 Å². The Morgan fingerprint density at radius 3 is 1.95 bits per heavy atom. The average molecular weight is 292 g/mol. The van der Waals surface area contributed by atoms with Crippen molar-refractivity contribution in [2.45, 2.75) is 38.3 Å². The molecule has 0 radical (unpaired) electrons. The number of nitrogens with zero attached hydrogens (tertiary/aromatic N) is 1. The van der Waals surface area contributed by atoms with Crippen LogP contribution in [0.25, 0.3) is 0 Å². The quantitative estimate of drug-likeness (QED) is 0.874. The zero-order valence-corrected chi connectivity index (χ0v) is 13.6. The standard InChI is InChI=1S/C20H24N2/c1-20(2,3)22-19-17(15-10-6-4-7-11-15)14-21-18(19)16-12-8-5-9-13-16/h4-13,17-18,21H,14H2,1-3H3. The Morgan fingerprint density at radius 1 is 0.864 bits per heavy atom. The van der Waals surface area contributed by atoms with Crippen LogP contribution < -0.4 is 5.32 Å². The van der Waals surface area contributed by atoms with Crippen LogP contribution in [0, 0.1) is 0 Å². The maximum Gasteiger partial charge on any atom is 0.0714 e. The lowest BCUT2D eigenvalue weighted by atomic mass is 9.90. The molecule has 3 rings (SSSR count). The van der Waals surface area contributed by atoms with Crippen LogP contribution in [0.3, 0.4) is 0 Å². The minimum Gasteiger partial charge on any atom is -0.304 e. The summed E-state index contributed by atoms with van der Waals surface area (Å²) in [5, 5.41) is 3.66. The fourth-order valence-corrected chi connectivity index (χ4v) is 3.08. The van der Waals surface area contributed by atoms with Crippen LogP contribution in [0.1, 0.15) is 43.9 Å². The Hall–Kier alpha value is -1.93. The van der Waals surface area contributed by atoms with Gasteiger partial charge < -0.3 is 5.32 Å². The Bertz CT molecular complexity index is 589. The van der Waals surface area contributed by atoms with Crippen LogP contribution in [0.15, 0.2) is 65.7 Å². The van der Waals surface area contributed by atoms with Crippen LogP contribution >= 0.6 is 0 Å². The van der Waals surface area contributed by atoms with Gasteiger partial charge in [-0.15, -0.1) is 0 Å². The summed E-state index contributed by atoms with van der Waals surface area (Å²) in [5.41, 5.74) is 3.83. The highest BCUT2D eigenvalue weighted by Crippen LogP contribution is 2.33. The van der Waals surface area contributed by atoms with Crippen molar-refractivity contribution in [2.75, 3.05) is 6.54 Å². The Balaban J connectivity index is 2.01. The van der Waals surface area contributed by atoms with Crippen molar-refractivity contribution in [3.05, 3.63) is 71.8 Å². The lowest BCUT2D eigenvalue weighted by Gasteiger charge is -2.21. The summed E-state index contributed by atoms with van der Waals surface area (Å²) in [6.07, 6.45) is 0. The molecule has 2 unspecified atom stereocenters. The monoisotopic (exact) mass is 292 g/mol. The average Bonchev–Trinajstić information content (AvgIpc) is 2.90. The van der Waals surface area contributed by atoms with Crippen LogP contribution in [0.5, 0.6) is 0 Å². The Kier molecular flexibility index (Phi) is 4.12. The fourth-order valence-electron chi connectivity index (χ4n) is 3.08. The van der Waals surface area contributed by atoms with E-state index >= 15 is 0 Å². The first-order valence-electron chi connectivity index (χ1n) is 7.97. The molecule has 2 atom stereocenters. The molecule has 2 aromatic rings. The molecule has 0 bridgehead atoms. The van der Waals surface area contributed by atoms with Gasteiger partial charge in [0.25, 0.3) is 0 Å². The molecule has 0 saturated carbocycles. The molecule has 2 heteroatoms. The lowest BCUT2D eigenvalue weighted by molar-refractivity contribution is 0.577. The topological polar surface area (TPSA) is 24.4 Å². The summed E-state index contributed by atoms with van der Waals surface area (Å²) in [4.78, 5) is 5.08. The number of benzene rings is 2. The third-order valence-corrected chi connectivity index (χ3v) is 3.98. The number of aliphatic imine (C=N–C) groups is 1. The summed E-state index contributed by atoms with van der Waals surface area (Å²) in [6, 6.07) is 21.5. The Labute approximate surface area is 133 Å². The fraction of sp³-hybridized carbons (Fsp3) is 0.350. The van der Waals surface area contributed by atoms with E-state index in [1.165, 1.54) is 16.8 Å². The van der Waals surface area contributed by atoms with Crippen molar-refractivity contribution in [1.82, 2.24) is 5.32 Å². The molecular weight excluding hydrogens is 268 g/mol. The van der Waals surface area contributed by atoms with Crippen molar-refractivity contribution in [3.63, 3.8) is 0 Å². The SMILES string of the molecule is CC(C)(C)N=C1C(c2ccccc2)CNC1c1ccccc1. The van der Waals surface area contributed by atoms with Crippen molar-refractivity contribution >= 4 is 5.71 Å². The van der Waals surface area contributed by atoms with Gasteiger partial charge in [-0.3, -0.25) is 4.99 Å². The summed E-state index contributed by atoms with van der Waals surface area (Å²) in [6.45, 7) is 7.45. The van der Waals surface area contributed by atoms with Gasteiger partial charge in [0, 0.05) is 18.2 Å². The van der Waals surface area contributed by atoms with Crippen molar-refractivity contribution in [3.8, 4) is 0 Å². The van der Waals surface area contributed by atoms with Crippen LogP contribution in [-0.2, 0) is 0 Å². The molecule has 1 aliphatic heterocycles. The van der Waals surface area contributed by atoms with E-state index in [1.807, 2.05) is 0 Å². The molecule has 0 aromatic heterocycles. The molecular formula is C20H24N2. The third-order valence-electron chi connectivity index (χ3n) is 3.98. The van der Waals surface area contributed by atoms with Gasteiger partial charge in [-0.25, -0.2) is 0 Å². The molecule has 2 nitrogen and oxygen atoms in total. The minimum absolute atomic E-state index is 0.0680. The van der Waals surface area contributed by atoms with E-state index in [-0.39, 0.29) is 11.6 Å². The number of hydrogen-bond donors (Lipinski definition) is 1. The summed E-state index contributed by atoms with van der Waals surface area (Å²) in [7, 11) is 0. The molecule has 0 spiro atoms. The number of nitrogens with one attached hydrogen (secondary N) is 1. The lowest BCUT2D eigenvalue weighted by Crippen LogP contribution is -2.22. The molecule has 1 N–H and O–H groups in total. The summed E-state index contributed by atoms with van der Waals surface area (Å²) in [5.74, 6) is 0.352. The predicted octanol–water partition coefficient (Wildman–Crippen LogP) is 4.35. The largest absolute Gasteiger partial charge is 0.304 e. The van der Waals surface area contributed by atoms with Gasteiger partial charge in [-0.1, -0.05) is 60.7 Å². The van der Waals surface area contributed by atoms with E-state index in [4.69, 9.17) is 4.99 Å². The van der Waals surface area contributed by atoms with Crippen LogP contribution in [0.4, 0.5) is 0 Å². The molecule has 0 aliphatic carbocycles. The normalized spacial score (nSPS) is 23.9. The zero-order valence-electron chi connectivity index (χ0n) is 13.6. The van der Waals surface area contributed by atoms with Gasteiger partial charge in [0.1, 0.15) is 0 Å². The van der Waals surface area contributed by atoms with Crippen molar-refractivity contribution in [2.24, 2.45) is 4.99 Å². The Morgan fingerprint density at radius 2 is 1.41 bits per heavy atom. The van der Waals surface area contributed by atoms with E-state index in [2.05, 4.69) is 86.8 Å². The second-order valence-electron chi connectivity index (χ2n) is 6.92. The molecule has 0 amide bonds. The molecule has 1 saturated heterocycles. The predicted molar refractivity (Wildman–Crippen MR) is 93.6 cm³/mol. The highest BCUT2D eigenvalue weighted by atomic mass is 15.0. The number of rotatable bonds is 2. The molecule has 22 heavy (non-hydrogen) atoms. The first-order valence-corrected chi connectivity index (χ1v) is 7.97. The van der Waals surface area contributed by atoms with E-state index < -0.39 is 0 Å². The zero-order chi connectivity index (χ0) is 15.6. The maximum absolute atomic E-state index is 5.08. The van der Waals surface area contributed by atoms with Gasteiger partial charge in [0.2, 0.25) is 0 Å². The highest BCUT2D eigenvalue weighted by Gasteiger charge is 2.34. The minimum atomic E-state index is -0.0680. The molecule has 1 aliphatic rings. The van der Waals surface area contributed by atoms with E-state index in [9.17, 15) is 0 Å². The van der Waals surface area contributed by atoms with Gasteiger partial charge in [0.15, 0.2) is 0 Å².